The molecule has 0 saturated carbocycles. The van der Waals surface area contributed by atoms with Gasteiger partial charge in [0, 0.05) is 18.0 Å². The average Bonchev–Trinajstić information content (AvgIpc) is 2.39. The van der Waals surface area contributed by atoms with Gasteiger partial charge >= 0.3 is 0 Å². The lowest BCUT2D eigenvalue weighted by molar-refractivity contribution is 0.111. The smallest absolute Gasteiger partial charge is 0.167 e. The zero-order valence-electron chi connectivity index (χ0n) is 7.42. The van der Waals surface area contributed by atoms with E-state index in [0.29, 0.717) is 10.2 Å². The number of aromatic nitrogens is 1. The van der Waals surface area contributed by atoms with E-state index in [1.165, 1.54) is 12.1 Å². The van der Waals surface area contributed by atoms with Crippen LogP contribution in [-0.4, -0.2) is 10.9 Å². The Morgan fingerprint density at radius 1 is 1.50 bits per heavy atom. The molecular formula is C10H7BrFNO. The summed E-state index contributed by atoms with van der Waals surface area (Å²) in [5.41, 5.74) is 1.35. The molecule has 2 nitrogen and oxygen atoms in total. The van der Waals surface area contributed by atoms with E-state index in [1.807, 2.05) is 0 Å². The Hall–Kier alpha value is -1.16. The summed E-state index contributed by atoms with van der Waals surface area (Å²) in [4.78, 5) is 10.8. The third-order valence-electron chi connectivity index (χ3n) is 2.25. The number of hydrogen-bond donors (Lipinski definition) is 0. The molecule has 0 spiro atoms. The molecule has 4 heteroatoms. The molecule has 0 aliphatic rings. The lowest BCUT2D eigenvalue weighted by atomic mass is 10.2. The summed E-state index contributed by atoms with van der Waals surface area (Å²) in [5, 5.41) is 0.717. The van der Waals surface area contributed by atoms with E-state index in [0.717, 1.165) is 17.2 Å². The van der Waals surface area contributed by atoms with E-state index in [-0.39, 0.29) is 5.82 Å². The molecule has 0 aliphatic carbocycles. The minimum Gasteiger partial charge on any atom is -0.340 e. The molecule has 0 amide bonds. The second kappa shape index (κ2) is 3.20. The van der Waals surface area contributed by atoms with Crippen molar-refractivity contribution in [1.29, 1.82) is 0 Å². The highest BCUT2D eigenvalue weighted by Gasteiger charge is 2.12. The number of carbonyl (C=O) groups is 1. The molecule has 2 rings (SSSR count). The SMILES string of the molecule is Cn1c(C=O)c(Br)c2cc(F)ccc21. The standard InChI is InChI=1S/C10H7BrFNO/c1-13-8-3-2-6(12)4-7(8)10(11)9(13)5-14/h2-5H,1H3. The second-order valence-electron chi connectivity index (χ2n) is 3.04. The van der Waals surface area contributed by atoms with Crippen molar-refractivity contribution in [2.75, 3.05) is 0 Å². The van der Waals surface area contributed by atoms with Crippen LogP contribution < -0.4 is 0 Å². The topological polar surface area (TPSA) is 22.0 Å². The fourth-order valence-corrected chi connectivity index (χ4v) is 2.20. The number of halogens is 2. The second-order valence-corrected chi connectivity index (χ2v) is 3.83. The van der Waals surface area contributed by atoms with Crippen molar-refractivity contribution in [1.82, 2.24) is 4.57 Å². The van der Waals surface area contributed by atoms with Gasteiger partial charge in [-0.3, -0.25) is 4.79 Å². The van der Waals surface area contributed by atoms with Crippen LogP contribution in [-0.2, 0) is 7.05 Å². The van der Waals surface area contributed by atoms with E-state index in [2.05, 4.69) is 15.9 Å². The van der Waals surface area contributed by atoms with Gasteiger partial charge in [-0.2, -0.15) is 0 Å². The molecule has 0 saturated heterocycles. The van der Waals surface area contributed by atoms with Crippen LogP contribution in [0.15, 0.2) is 22.7 Å². The highest BCUT2D eigenvalue weighted by atomic mass is 79.9. The first-order valence-corrected chi connectivity index (χ1v) is 4.83. The fourth-order valence-electron chi connectivity index (χ4n) is 1.52. The van der Waals surface area contributed by atoms with Crippen LogP contribution in [0.4, 0.5) is 4.39 Å². The molecule has 0 radical (unpaired) electrons. The van der Waals surface area contributed by atoms with Crippen molar-refractivity contribution < 1.29 is 9.18 Å². The summed E-state index contributed by atoms with van der Waals surface area (Å²) >= 11 is 3.28. The quantitative estimate of drug-likeness (QED) is 0.719. The van der Waals surface area contributed by atoms with Gasteiger partial charge in [-0.1, -0.05) is 0 Å². The molecule has 1 heterocycles. The van der Waals surface area contributed by atoms with Crippen molar-refractivity contribution in [3.05, 3.63) is 34.2 Å². The molecular weight excluding hydrogens is 249 g/mol. The van der Waals surface area contributed by atoms with Crippen LogP contribution in [0.3, 0.4) is 0 Å². The number of rotatable bonds is 1. The summed E-state index contributed by atoms with van der Waals surface area (Å²) in [6.07, 6.45) is 0.752. The van der Waals surface area contributed by atoms with Crippen molar-refractivity contribution in [2.24, 2.45) is 7.05 Å². The maximum Gasteiger partial charge on any atom is 0.167 e. The molecule has 0 unspecified atom stereocenters. The minimum absolute atomic E-state index is 0.304. The number of nitrogens with zero attached hydrogens (tertiary/aromatic N) is 1. The maximum atomic E-state index is 12.9. The molecule has 0 atom stereocenters. The number of carbonyl (C=O) groups excluding carboxylic acids is 1. The predicted molar refractivity (Wildman–Crippen MR) is 56.0 cm³/mol. The Morgan fingerprint density at radius 2 is 2.21 bits per heavy atom. The molecule has 0 aliphatic heterocycles. The summed E-state index contributed by atoms with van der Waals surface area (Å²) in [7, 11) is 1.77. The van der Waals surface area contributed by atoms with Crippen LogP contribution >= 0.6 is 15.9 Å². The Bertz CT molecular complexity index is 518. The van der Waals surface area contributed by atoms with Gasteiger partial charge in [0.25, 0.3) is 0 Å². The maximum absolute atomic E-state index is 12.9. The van der Waals surface area contributed by atoms with Crippen LogP contribution in [0.2, 0.25) is 0 Å². The number of fused-ring (bicyclic) bond motifs is 1. The third kappa shape index (κ3) is 1.18. The van der Waals surface area contributed by atoms with Gasteiger partial charge in [0.2, 0.25) is 0 Å². The largest absolute Gasteiger partial charge is 0.340 e. The van der Waals surface area contributed by atoms with Crippen molar-refractivity contribution in [3.8, 4) is 0 Å². The molecule has 14 heavy (non-hydrogen) atoms. The van der Waals surface area contributed by atoms with Gasteiger partial charge in [0.1, 0.15) is 5.82 Å². The lowest BCUT2D eigenvalue weighted by Crippen LogP contribution is -1.93. The number of aryl methyl sites for hydroxylation is 1. The Morgan fingerprint density at radius 3 is 2.86 bits per heavy atom. The normalized spacial score (nSPS) is 10.8. The van der Waals surface area contributed by atoms with Gasteiger partial charge in [0.15, 0.2) is 6.29 Å². The van der Waals surface area contributed by atoms with Gasteiger partial charge in [-0.15, -0.1) is 0 Å². The van der Waals surface area contributed by atoms with E-state index in [9.17, 15) is 9.18 Å². The van der Waals surface area contributed by atoms with Gasteiger partial charge in [0.05, 0.1) is 10.2 Å². The molecule has 2 aromatic rings. The minimum atomic E-state index is -0.304. The first-order chi connectivity index (χ1) is 6.65. The predicted octanol–water partition coefficient (Wildman–Crippen LogP) is 2.89. The lowest BCUT2D eigenvalue weighted by Gasteiger charge is -1.96. The van der Waals surface area contributed by atoms with Crippen LogP contribution in [0.25, 0.3) is 10.9 Å². The summed E-state index contributed by atoms with van der Waals surface area (Å²) in [6.45, 7) is 0. The fraction of sp³-hybridized carbons (Fsp3) is 0.100. The number of hydrogen-bond acceptors (Lipinski definition) is 1. The molecule has 0 bridgehead atoms. The third-order valence-corrected chi connectivity index (χ3v) is 3.09. The molecule has 1 aromatic carbocycles. The summed E-state index contributed by atoms with van der Waals surface area (Å²) in [6, 6.07) is 4.44. The Labute approximate surface area is 88.5 Å². The van der Waals surface area contributed by atoms with E-state index >= 15 is 0 Å². The van der Waals surface area contributed by atoms with Crippen molar-refractivity contribution >= 4 is 33.1 Å². The number of benzene rings is 1. The van der Waals surface area contributed by atoms with Crippen LogP contribution in [0.5, 0.6) is 0 Å². The van der Waals surface area contributed by atoms with Gasteiger partial charge in [-0.25, -0.2) is 4.39 Å². The molecule has 72 valence electrons. The summed E-state index contributed by atoms with van der Waals surface area (Å²) in [5.74, 6) is -0.304. The monoisotopic (exact) mass is 255 g/mol. The van der Waals surface area contributed by atoms with Crippen molar-refractivity contribution in [3.63, 3.8) is 0 Å². The molecule has 1 aromatic heterocycles. The Balaban J connectivity index is 2.94. The average molecular weight is 256 g/mol. The highest BCUT2D eigenvalue weighted by molar-refractivity contribution is 9.10. The Kier molecular flexibility index (Phi) is 2.15. The first kappa shape index (κ1) is 9.40. The van der Waals surface area contributed by atoms with E-state index < -0.39 is 0 Å². The van der Waals surface area contributed by atoms with Crippen molar-refractivity contribution in [2.45, 2.75) is 0 Å². The molecule has 0 fully saturated rings. The van der Waals surface area contributed by atoms with Gasteiger partial charge < -0.3 is 4.57 Å². The van der Waals surface area contributed by atoms with Gasteiger partial charge in [-0.05, 0) is 34.1 Å². The van der Waals surface area contributed by atoms with Crippen LogP contribution in [0, 0.1) is 5.82 Å². The first-order valence-electron chi connectivity index (χ1n) is 4.03. The highest BCUT2D eigenvalue weighted by Crippen LogP contribution is 2.29. The molecule has 0 N–H and O–H groups in total. The zero-order valence-corrected chi connectivity index (χ0v) is 9.01. The number of aldehydes is 1. The van der Waals surface area contributed by atoms with E-state index in [1.54, 1.807) is 17.7 Å². The zero-order chi connectivity index (χ0) is 10.3. The van der Waals surface area contributed by atoms with Crippen LogP contribution in [0.1, 0.15) is 10.5 Å². The van der Waals surface area contributed by atoms with E-state index in [4.69, 9.17) is 0 Å². The summed E-state index contributed by atoms with van der Waals surface area (Å²) < 4.78 is 15.3.